The third-order valence-corrected chi connectivity index (χ3v) is 5.03. The molecule has 136 valence electrons. The van der Waals surface area contributed by atoms with Crippen molar-refractivity contribution in [3.63, 3.8) is 0 Å². The summed E-state index contributed by atoms with van der Waals surface area (Å²) in [5, 5.41) is 3.61. The quantitative estimate of drug-likeness (QED) is 0.406. The lowest BCUT2D eigenvalue weighted by Crippen LogP contribution is -2.46. The third-order valence-electron chi connectivity index (χ3n) is 5.03. The van der Waals surface area contributed by atoms with E-state index in [4.69, 9.17) is 4.74 Å². The molecule has 0 aromatic heterocycles. The van der Waals surface area contributed by atoms with E-state index < -0.39 is 0 Å². The van der Waals surface area contributed by atoms with E-state index in [2.05, 4.69) is 34.0 Å². The van der Waals surface area contributed by atoms with Crippen LogP contribution in [-0.4, -0.2) is 75.3 Å². The van der Waals surface area contributed by atoms with E-state index in [-0.39, 0.29) is 24.0 Å². The number of guanidine groups is 1. The van der Waals surface area contributed by atoms with Gasteiger partial charge in [0.2, 0.25) is 0 Å². The Morgan fingerprint density at radius 1 is 1.22 bits per heavy atom. The summed E-state index contributed by atoms with van der Waals surface area (Å²) in [5.74, 6) is 2.46. The SMILES string of the molecule is CN=C(NCC1CCCN(C(C)C)C1)N1CCC(COC)C1.I. The number of hydrogen-bond donors (Lipinski definition) is 1. The van der Waals surface area contributed by atoms with Crippen LogP contribution in [0.1, 0.15) is 33.1 Å². The Morgan fingerprint density at radius 2 is 2.00 bits per heavy atom. The molecule has 0 spiro atoms. The Kier molecular flexibility index (Phi) is 9.77. The zero-order valence-corrected chi connectivity index (χ0v) is 17.6. The van der Waals surface area contributed by atoms with Gasteiger partial charge in [-0.2, -0.15) is 0 Å². The first kappa shape index (κ1) is 21.0. The number of nitrogens with zero attached hydrogens (tertiary/aromatic N) is 3. The maximum Gasteiger partial charge on any atom is 0.193 e. The summed E-state index contributed by atoms with van der Waals surface area (Å²) in [6.07, 6.45) is 3.86. The fourth-order valence-electron chi connectivity index (χ4n) is 3.70. The van der Waals surface area contributed by atoms with Crippen molar-refractivity contribution in [2.24, 2.45) is 16.8 Å². The van der Waals surface area contributed by atoms with Crippen molar-refractivity contribution in [1.29, 1.82) is 0 Å². The van der Waals surface area contributed by atoms with Crippen LogP contribution in [0.25, 0.3) is 0 Å². The van der Waals surface area contributed by atoms with Crippen LogP contribution in [0.15, 0.2) is 4.99 Å². The minimum atomic E-state index is 0. The number of hydrogen-bond acceptors (Lipinski definition) is 3. The number of methoxy groups -OCH3 is 1. The first-order valence-electron chi connectivity index (χ1n) is 8.82. The molecule has 0 aromatic carbocycles. The highest BCUT2D eigenvalue weighted by molar-refractivity contribution is 14.0. The topological polar surface area (TPSA) is 40.1 Å². The van der Waals surface area contributed by atoms with Gasteiger partial charge in [-0.1, -0.05) is 0 Å². The molecule has 1 N–H and O–H groups in total. The van der Waals surface area contributed by atoms with E-state index in [1.54, 1.807) is 7.11 Å². The van der Waals surface area contributed by atoms with Gasteiger partial charge in [0.1, 0.15) is 0 Å². The Bertz CT molecular complexity index is 365. The number of rotatable bonds is 5. The highest BCUT2D eigenvalue weighted by Gasteiger charge is 2.26. The molecule has 2 unspecified atom stereocenters. The van der Waals surface area contributed by atoms with Crippen LogP contribution in [0, 0.1) is 11.8 Å². The average molecular weight is 438 g/mol. The van der Waals surface area contributed by atoms with Crippen LogP contribution in [0.4, 0.5) is 0 Å². The van der Waals surface area contributed by atoms with Crippen LogP contribution >= 0.6 is 24.0 Å². The lowest BCUT2D eigenvalue weighted by Gasteiger charge is -2.36. The maximum absolute atomic E-state index is 5.28. The van der Waals surface area contributed by atoms with E-state index in [0.29, 0.717) is 12.0 Å². The molecule has 23 heavy (non-hydrogen) atoms. The van der Waals surface area contributed by atoms with Gasteiger partial charge in [-0.15, -0.1) is 24.0 Å². The van der Waals surface area contributed by atoms with Gasteiger partial charge in [0.15, 0.2) is 5.96 Å². The Balaban J connectivity index is 0.00000264. The minimum Gasteiger partial charge on any atom is -0.384 e. The van der Waals surface area contributed by atoms with E-state index in [9.17, 15) is 0 Å². The van der Waals surface area contributed by atoms with E-state index >= 15 is 0 Å². The molecule has 2 atom stereocenters. The number of nitrogens with one attached hydrogen (secondary N) is 1. The predicted molar refractivity (Wildman–Crippen MR) is 108 cm³/mol. The summed E-state index contributed by atoms with van der Waals surface area (Å²) >= 11 is 0. The molecule has 2 heterocycles. The van der Waals surface area contributed by atoms with Gasteiger partial charge < -0.3 is 19.9 Å². The average Bonchev–Trinajstić information content (AvgIpc) is 2.97. The number of piperidine rings is 1. The highest BCUT2D eigenvalue weighted by atomic mass is 127. The van der Waals surface area contributed by atoms with Crippen molar-refractivity contribution >= 4 is 29.9 Å². The summed E-state index contributed by atoms with van der Waals surface area (Å²) < 4.78 is 5.28. The molecule has 0 saturated carbocycles. The Labute approximate surface area is 159 Å². The zero-order chi connectivity index (χ0) is 15.9. The van der Waals surface area contributed by atoms with Crippen LogP contribution < -0.4 is 5.32 Å². The van der Waals surface area contributed by atoms with Crippen LogP contribution in [0.3, 0.4) is 0 Å². The number of halogens is 1. The molecular formula is C17H35IN4O. The highest BCUT2D eigenvalue weighted by Crippen LogP contribution is 2.19. The van der Waals surface area contributed by atoms with Gasteiger partial charge in [0.25, 0.3) is 0 Å². The van der Waals surface area contributed by atoms with Gasteiger partial charge >= 0.3 is 0 Å². The smallest absolute Gasteiger partial charge is 0.193 e. The molecule has 0 aromatic rings. The molecule has 2 aliphatic rings. The van der Waals surface area contributed by atoms with E-state index in [0.717, 1.165) is 38.1 Å². The fraction of sp³-hybridized carbons (Fsp3) is 0.941. The summed E-state index contributed by atoms with van der Waals surface area (Å²) in [7, 11) is 3.69. The molecule has 5 nitrogen and oxygen atoms in total. The van der Waals surface area contributed by atoms with Crippen LogP contribution in [0.5, 0.6) is 0 Å². The molecule has 2 saturated heterocycles. The van der Waals surface area contributed by atoms with Gasteiger partial charge in [0, 0.05) is 52.3 Å². The number of likely N-dealkylation sites (tertiary alicyclic amines) is 2. The maximum atomic E-state index is 5.28. The van der Waals surface area contributed by atoms with Crippen molar-refractivity contribution < 1.29 is 4.74 Å². The Morgan fingerprint density at radius 3 is 2.65 bits per heavy atom. The molecule has 2 fully saturated rings. The molecule has 2 rings (SSSR count). The van der Waals surface area contributed by atoms with Gasteiger partial charge in [-0.25, -0.2) is 0 Å². The van der Waals surface area contributed by atoms with Crippen molar-refractivity contribution in [1.82, 2.24) is 15.1 Å². The summed E-state index contributed by atoms with van der Waals surface area (Å²) in [6.45, 7) is 11.1. The number of aliphatic imine (C=N–C) groups is 1. The molecule has 0 amide bonds. The van der Waals surface area contributed by atoms with E-state index in [1.807, 2.05) is 7.05 Å². The normalized spacial score (nSPS) is 26.5. The molecule has 0 aliphatic carbocycles. The molecular weight excluding hydrogens is 403 g/mol. The van der Waals surface area contributed by atoms with Gasteiger partial charge in [0.05, 0.1) is 6.61 Å². The summed E-state index contributed by atoms with van der Waals surface area (Å²) in [5.41, 5.74) is 0. The van der Waals surface area contributed by atoms with Crippen molar-refractivity contribution in [2.75, 3.05) is 53.5 Å². The van der Waals surface area contributed by atoms with Crippen LogP contribution in [0.2, 0.25) is 0 Å². The monoisotopic (exact) mass is 438 g/mol. The van der Waals surface area contributed by atoms with Gasteiger partial charge in [-0.05, 0) is 45.6 Å². The fourth-order valence-corrected chi connectivity index (χ4v) is 3.70. The summed E-state index contributed by atoms with van der Waals surface area (Å²) in [6, 6.07) is 0.662. The Hall–Kier alpha value is -0.0800. The second-order valence-corrected chi connectivity index (χ2v) is 7.08. The first-order valence-corrected chi connectivity index (χ1v) is 8.82. The van der Waals surface area contributed by atoms with Crippen molar-refractivity contribution in [2.45, 2.75) is 39.2 Å². The van der Waals surface area contributed by atoms with Gasteiger partial charge in [-0.3, -0.25) is 4.99 Å². The molecule has 0 bridgehead atoms. The summed E-state index contributed by atoms with van der Waals surface area (Å²) in [4.78, 5) is 9.46. The molecule has 6 heteroatoms. The molecule has 2 aliphatic heterocycles. The second kappa shape index (κ2) is 10.7. The molecule has 0 radical (unpaired) electrons. The predicted octanol–water partition coefficient (Wildman–Crippen LogP) is 2.27. The largest absolute Gasteiger partial charge is 0.384 e. The standard InChI is InChI=1S/C17H34N4O.HI/c1-14(2)20-8-5-6-15(11-20)10-19-17(18-3)21-9-7-16(12-21)13-22-4;/h14-16H,5-13H2,1-4H3,(H,18,19);1H. The first-order chi connectivity index (χ1) is 10.6. The lowest BCUT2D eigenvalue weighted by atomic mass is 9.97. The lowest BCUT2D eigenvalue weighted by molar-refractivity contribution is 0.140. The zero-order valence-electron chi connectivity index (χ0n) is 15.3. The van der Waals surface area contributed by atoms with Crippen molar-refractivity contribution in [3.8, 4) is 0 Å². The number of ether oxygens (including phenoxy) is 1. The van der Waals surface area contributed by atoms with Crippen LogP contribution in [-0.2, 0) is 4.74 Å². The minimum absolute atomic E-state index is 0. The third kappa shape index (κ3) is 6.38. The second-order valence-electron chi connectivity index (χ2n) is 7.08. The van der Waals surface area contributed by atoms with Crippen molar-refractivity contribution in [3.05, 3.63) is 0 Å². The van der Waals surface area contributed by atoms with E-state index in [1.165, 1.54) is 32.4 Å².